The summed E-state index contributed by atoms with van der Waals surface area (Å²) in [5.74, 6) is 0. The average molecular weight is 369 g/mol. The van der Waals surface area contributed by atoms with Crippen molar-refractivity contribution in [1.29, 1.82) is 0 Å². The zero-order chi connectivity index (χ0) is 18.9. The maximum Gasteiger partial charge on any atom is 0.0551 e. The second kappa shape index (κ2) is 5.48. The Bertz CT molecular complexity index is 1650. The second-order valence-electron chi connectivity index (χ2n) is 8.13. The van der Waals surface area contributed by atoms with E-state index < -0.39 is 0 Å². The summed E-state index contributed by atoms with van der Waals surface area (Å²) in [7, 11) is 0. The Balaban J connectivity index is 1.85. The summed E-state index contributed by atoms with van der Waals surface area (Å²) in [4.78, 5) is 3.85. The van der Waals surface area contributed by atoms with Gasteiger partial charge in [-0.15, -0.1) is 0 Å². The van der Waals surface area contributed by atoms with Crippen molar-refractivity contribution in [3.63, 3.8) is 0 Å². The van der Waals surface area contributed by atoms with E-state index in [2.05, 4.69) is 89.9 Å². The molecule has 0 saturated heterocycles. The molecule has 0 fully saturated rings. The molecule has 0 saturated carbocycles. The van der Waals surface area contributed by atoms with E-state index in [0.717, 1.165) is 12.8 Å². The van der Waals surface area contributed by atoms with Crippen molar-refractivity contribution in [2.75, 3.05) is 0 Å². The molecule has 0 radical (unpaired) electrons. The number of aromatic nitrogens is 1. The smallest absolute Gasteiger partial charge is 0.0551 e. The first kappa shape index (κ1) is 15.4. The number of nitrogens with one attached hydrogen (secondary N) is 1. The molecule has 5 aromatic carbocycles. The monoisotopic (exact) mass is 369 g/mol. The topological polar surface area (TPSA) is 15.8 Å². The van der Waals surface area contributed by atoms with E-state index >= 15 is 0 Å². The largest absolute Gasteiger partial charge is 0.353 e. The third-order valence-corrected chi connectivity index (χ3v) is 6.64. The zero-order valence-electron chi connectivity index (χ0n) is 16.0. The van der Waals surface area contributed by atoms with Gasteiger partial charge in [-0.3, -0.25) is 0 Å². The summed E-state index contributed by atoms with van der Waals surface area (Å²) in [6.07, 6.45) is 6.87. The van der Waals surface area contributed by atoms with Crippen LogP contribution in [-0.4, -0.2) is 4.98 Å². The number of hydrogen-bond donors (Lipinski definition) is 1. The standard InChI is InChI=1S/C28H19N/c1-3-9-19-17(7-1)13-15-22-21-11-5-6-12-23(21)28-26(25(19)22)24-16-14-18-8-2-4-10-20(18)27(24)29-28/h1,3-7,9-16,29H,2,8H2. The van der Waals surface area contributed by atoms with Crippen LogP contribution >= 0.6 is 0 Å². The molecule has 0 aliphatic heterocycles. The van der Waals surface area contributed by atoms with Gasteiger partial charge < -0.3 is 4.98 Å². The number of fused-ring (bicyclic) bond motifs is 12. The number of benzene rings is 5. The molecule has 0 atom stereocenters. The van der Waals surface area contributed by atoms with Crippen molar-refractivity contribution in [2.45, 2.75) is 12.8 Å². The van der Waals surface area contributed by atoms with Crippen LogP contribution in [0.3, 0.4) is 0 Å². The molecule has 1 heteroatoms. The lowest BCUT2D eigenvalue weighted by molar-refractivity contribution is 0.989. The molecule has 1 aliphatic rings. The Labute approximate surface area is 168 Å². The van der Waals surface area contributed by atoms with Crippen molar-refractivity contribution in [3.8, 4) is 0 Å². The Hall–Kier alpha value is -3.58. The quantitative estimate of drug-likeness (QED) is 0.264. The van der Waals surface area contributed by atoms with Gasteiger partial charge in [0.1, 0.15) is 0 Å². The number of H-pyrrole nitrogens is 1. The summed E-state index contributed by atoms with van der Waals surface area (Å²) < 4.78 is 0. The predicted octanol–water partition coefficient (Wildman–Crippen LogP) is 7.74. The maximum atomic E-state index is 3.85. The first-order valence-corrected chi connectivity index (χ1v) is 10.4. The van der Waals surface area contributed by atoms with Gasteiger partial charge in [-0.05, 0) is 39.9 Å². The third-order valence-electron chi connectivity index (χ3n) is 6.64. The molecule has 1 aliphatic carbocycles. The van der Waals surface area contributed by atoms with Crippen molar-refractivity contribution in [1.82, 2.24) is 4.98 Å². The van der Waals surface area contributed by atoms with Crippen molar-refractivity contribution >= 4 is 60.2 Å². The first-order chi connectivity index (χ1) is 14.4. The van der Waals surface area contributed by atoms with E-state index in [1.54, 1.807) is 0 Å². The summed E-state index contributed by atoms with van der Waals surface area (Å²) in [6.45, 7) is 0. The van der Waals surface area contributed by atoms with Crippen LogP contribution in [-0.2, 0) is 6.42 Å². The molecule has 1 aromatic heterocycles. The van der Waals surface area contributed by atoms with Crippen LogP contribution < -0.4 is 0 Å². The minimum absolute atomic E-state index is 1.13. The van der Waals surface area contributed by atoms with Crippen LogP contribution in [0.15, 0.2) is 78.9 Å². The fourth-order valence-electron chi connectivity index (χ4n) is 5.34. The summed E-state index contributed by atoms with van der Waals surface area (Å²) >= 11 is 0. The number of rotatable bonds is 0. The molecule has 136 valence electrons. The highest BCUT2D eigenvalue weighted by atomic mass is 14.7. The van der Waals surface area contributed by atoms with E-state index in [1.165, 1.54) is 65.3 Å². The van der Waals surface area contributed by atoms with Gasteiger partial charge in [-0.2, -0.15) is 0 Å². The Morgan fingerprint density at radius 3 is 2.31 bits per heavy atom. The number of aryl methyl sites for hydroxylation is 1. The minimum atomic E-state index is 1.13. The maximum absolute atomic E-state index is 3.85. The van der Waals surface area contributed by atoms with Crippen LogP contribution in [0.4, 0.5) is 0 Å². The molecule has 1 N–H and O–H groups in total. The molecule has 0 bridgehead atoms. The SMILES string of the molecule is C1=Cc2c(ccc3c2[nH]c2c4ccccc4c4ccc5ccccc5c4c32)CC1. The van der Waals surface area contributed by atoms with E-state index in [9.17, 15) is 0 Å². The second-order valence-corrected chi connectivity index (χ2v) is 8.13. The summed E-state index contributed by atoms with van der Waals surface area (Å²) in [5.41, 5.74) is 5.35. The molecule has 1 nitrogen and oxygen atoms in total. The van der Waals surface area contributed by atoms with E-state index in [1.807, 2.05) is 0 Å². The molecular weight excluding hydrogens is 350 g/mol. The Kier molecular flexibility index (Phi) is 2.90. The van der Waals surface area contributed by atoms with Gasteiger partial charge in [0.05, 0.1) is 11.0 Å². The molecule has 6 aromatic rings. The van der Waals surface area contributed by atoms with Crippen molar-refractivity contribution in [3.05, 3.63) is 90.0 Å². The zero-order valence-corrected chi connectivity index (χ0v) is 16.0. The van der Waals surface area contributed by atoms with Gasteiger partial charge in [0.2, 0.25) is 0 Å². The first-order valence-electron chi connectivity index (χ1n) is 10.4. The van der Waals surface area contributed by atoms with Gasteiger partial charge >= 0.3 is 0 Å². The Morgan fingerprint density at radius 2 is 1.38 bits per heavy atom. The number of aromatic amines is 1. The number of hydrogen-bond acceptors (Lipinski definition) is 0. The molecule has 7 rings (SSSR count). The fraction of sp³-hybridized carbons (Fsp3) is 0.0714. The van der Waals surface area contributed by atoms with Crippen LogP contribution in [0.1, 0.15) is 17.5 Å². The van der Waals surface area contributed by atoms with Crippen molar-refractivity contribution < 1.29 is 0 Å². The molecular formula is C28H19N. The minimum Gasteiger partial charge on any atom is -0.353 e. The van der Waals surface area contributed by atoms with Crippen LogP contribution in [0.25, 0.3) is 60.2 Å². The van der Waals surface area contributed by atoms with Crippen LogP contribution in [0.5, 0.6) is 0 Å². The summed E-state index contributed by atoms with van der Waals surface area (Å²) in [5, 5.41) is 10.6. The van der Waals surface area contributed by atoms with E-state index in [-0.39, 0.29) is 0 Å². The lowest BCUT2D eigenvalue weighted by Crippen LogP contribution is -1.94. The lowest BCUT2D eigenvalue weighted by Gasteiger charge is -2.11. The normalized spacial score (nSPS) is 13.8. The average Bonchev–Trinajstić information content (AvgIpc) is 3.19. The third kappa shape index (κ3) is 1.95. The van der Waals surface area contributed by atoms with Gasteiger partial charge in [-0.25, -0.2) is 0 Å². The van der Waals surface area contributed by atoms with Gasteiger partial charge in [0.25, 0.3) is 0 Å². The molecule has 29 heavy (non-hydrogen) atoms. The highest BCUT2D eigenvalue weighted by Crippen LogP contribution is 2.43. The lowest BCUT2D eigenvalue weighted by atomic mass is 9.91. The van der Waals surface area contributed by atoms with Crippen LogP contribution in [0.2, 0.25) is 0 Å². The summed E-state index contributed by atoms with van der Waals surface area (Å²) in [6, 6.07) is 26.8. The molecule has 0 spiro atoms. The highest BCUT2D eigenvalue weighted by molar-refractivity contribution is 6.36. The van der Waals surface area contributed by atoms with Gasteiger partial charge in [0, 0.05) is 27.1 Å². The Morgan fingerprint density at radius 1 is 0.586 bits per heavy atom. The fourth-order valence-corrected chi connectivity index (χ4v) is 5.34. The van der Waals surface area contributed by atoms with E-state index in [0.29, 0.717) is 0 Å². The molecule has 0 unspecified atom stereocenters. The van der Waals surface area contributed by atoms with Crippen LogP contribution in [0, 0.1) is 0 Å². The van der Waals surface area contributed by atoms with E-state index in [4.69, 9.17) is 0 Å². The molecule has 0 amide bonds. The van der Waals surface area contributed by atoms with Gasteiger partial charge in [0.15, 0.2) is 0 Å². The predicted molar refractivity (Wildman–Crippen MR) is 126 cm³/mol. The van der Waals surface area contributed by atoms with Gasteiger partial charge in [-0.1, -0.05) is 84.9 Å². The highest BCUT2D eigenvalue weighted by Gasteiger charge is 2.18. The number of allylic oxidation sites excluding steroid dienone is 1. The molecule has 1 heterocycles. The van der Waals surface area contributed by atoms with Crippen molar-refractivity contribution in [2.24, 2.45) is 0 Å².